The second-order valence-electron chi connectivity index (χ2n) is 6.88. The molecule has 12 heteroatoms. The van der Waals surface area contributed by atoms with Gasteiger partial charge in [0, 0.05) is 18.7 Å². The molecule has 0 bridgehead atoms. The Balaban J connectivity index is 2.38. The second kappa shape index (κ2) is 11.2. The van der Waals surface area contributed by atoms with E-state index < -0.39 is 38.7 Å². The number of hydrogen-bond acceptors (Lipinski definition) is 9. The van der Waals surface area contributed by atoms with Crippen LogP contribution in [0.25, 0.3) is 6.08 Å². The minimum atomic E-state index is -1.08. The standard InChI is InChI=1S/C22H20N4O8/c1-4-7-24-21(27)16(12-23)8-14-5-6-19(20(9-14)33-3)34-22(28)15-10-17(25(29)30)13(2)18(11-15)26(31)32/h5-6,8-11H,4,7H2,1-3H3,(H,24,27)/b16-8+. The summed E-state index contributed by atoms with van der Waals surface area (Å²) in [6, 6.07) is 7.79. The van der Waals surface area contributed by atoms with E-state index in [0.29, 0.717) is 18.5 Å². The van der Waals surface area contributed by atoms with Gasteiger partial charge in [-0.15, -0.1) is 0 Å². The van der Waals surface area contributed by atoms with E-state index in [-0.39, 0.29) is 22.6 Å². The lowest BCUT2D eigenvalue weighted by atomic mass is 10.1. The molecule has 0 aromatic heterocycles. The van der Waals surface area contributed by atoms with Crippen LogP contribution in [0.1, 0.15) is 34.8 Å². The zero-order chi connectivity index (χ0) is 25.4. The van der Waals surface area contributed by atoms with E-state index >= 15 is 0 Å². The van der Waals surface area contributed by atoms with E-state index in [1.165, 1.54) is 38.3 Å². The van der Waals surface area contributed by atoms with Crippen LogP contribution in [-0.4, -0.2) is 35.4 Å². The van der Waals surface area contributed by atoms with Crippen molar-refractivity contribution in [2.45, 2.75) is 20.3 Å². The third-order valence-corrected chi connectivity index (χ3v) is 4.58. The van der Waals surface area contributed by atoms with Gasteiger partial charge in [-0.2, -0.15) is 5.26 Å². The molecule has 1 amide bonds. The summed E-state index contributed by atoms with van der Waals surface area (Å²) in [7, 11) is 1.29. The summed E-state index contributed by atoms with van der Waals surface area (Å²) >= 11 is 0. The molecule has 1 N–H and O–H groups in total. The first kappa shape index (κ1) is 25.5. The van der Waals surface area contributed by atoms with Crippen molar-refractivity contribution in [3.05, 3.63) is 72.8 Å². The van der Waals surface area contributed by atoms with E-state index in [1.807, 2.05) is 13.0 Å². The molecule has 0 fully saturated rings. The highest BCUT2D eigenvalue weighted by molar-refractivity contribution is 6.01. The smallest absolute Gasteiger partial charge is 0.344 e. The number of amides is 1. The molecule has 0 aliphatic rings. The minimum absolute atomic E-state index is 0.0597. The average Bonchev–Trinajstić information content (AvgIpc) is 2.81. The van der Waals surface area contributed by atoms with Crippen molar-refractivity contribution in [2.24, 2.45) is 0 Å². The van der Waals surface area contributed by atoms with Gasteiger partial charge in [0.2, 0.25) is 0 Å². The normalized spacial score (nSPS) is 10.7. The Hall–Kier alpha value is -4.79. The molecule has 0 radical (unpaired) electrons. The van der Waals surface area contributed by atoms with Crippen molar-refractivity contribution < 1.29 is 28.9 Å². The van der Waals surface area contributed by atoms with Crippen LogP contribution in [0.3, 0.4) is 0 Å². The number of nitriles is 1. The number of nitrogens with one attached hydrogen (secondary N) is 1. The van der Waals surface area contributed by atoms with Gasteiger partial charge in [-0.3, -0.25) is 25.0 Å². The lowest BCUT2D eigenvalue weighted by Gasteiger charge is -2.11. The number of carbonyl (C=O) groups is 2. The molecule has 34 heavy (non-hydrogen) atoms. The first-order chi connectivity index (χ1) is 16.1. The Labute approximate surface area is 193 Å². The molecule has 2 aromatic rings. The highest BCUT2D eigenvalue weighted by Gasteiger charge is 2.26. The number of benzene rings is 2. The zero-order valence-electron chi connectivity index (χ0n) is 18.5. The summed E-state index contributed by atoms with van der Waals surface area (Å²) in [6.07, 6.45) is 2.03. The van der Waals surface area contributed by atoms with Crippen LogP contribution in [0.5, 0.6) is 11.5 Å². The van der Waals surface area contributed by atoms with Gasteiger partial charge >= 0.3 is 5.97 Å². The van der Waals surface area contributed by atoms with Crippen LogP contribution < -0.4 is 14.8 Å². The molecule has 0 aliphatic carbocycles. The summed E-state index contributed by atoms with van der Waals surface area (Å²) < 4.78 is 10.4. The maximum atomic E-state index is 12.6. The summed E-state index contributed by atoms with van der Waals surface area (Å²) in [6.45, 7) is 3.48. The van der Waals surface area contributed by atoms with E-state index in [4.69, 9.17) is 9.47 Å². The lowest BCUT2D eigenvalue weighted by Crippen LogP contribution is -2.25. The molecular formula is C22H20N4O8. The molecule has 12 nitrogen and oxygen atoms in total. The monoisotopic (exact) mass is 468 g/mol. The Bertz CT molecular complexity index is 1190. The van der Waals surface area contributed by atoms with Crippen LogP contribution in [0, 0.1) is 38.5 Å². The molecule has 0 aliphatic heterocycles. The summed E-state index contributed by atoms with van der Waals surface area (Å²) in [5, 5.41) is 34.3. The maximum absolute atomic E-state index is 12.6. The molecule has 176 valence electrons. The van der Waals surface area contributed by atoms with Gasteiger partial charge in [0.1, 0.15) is 17.2 Å². The van der Waals surface area contributed by atoms with Gasteiger partial charge in [0.05, 0.1) is 22.5 Å². The molecule has 2 aromatic carbocycles. The van der Waals surface area contributed by atoms with Crippen molar-refractivity contribution >= 4 is 29.3 Å². The van der Waals surface area contributed by atoms with Crippen LogP contribution in [-0.2, 0) is 4.79 Å². The fourth-order valence-corrected chi connectivity index (χ4v) is 2.85. The van der Waals surface area contributed by atoms with Crippen LogP contribution in [0.2, 0.25) is 0 Å². The third kappa shape index (κ3) is 5.92. The van der Waals surface area contributed by atoms with E-state index in [2.05, 4.69) is 5.32 Å². The number of nitro benzene ring substituents is 2. The van der Waals surface area contributed by atoms with Gasteiger partial charge in [-0.25, -0.2) is 4.79 Å². The van der Waals surface area contributed by atoms with Crippen molar-refractivity contribution in [3.8, 4) is 17.6 Å². The Morgan fingerprint density at radius 1 is 1.12 bits per heavy atom. The molecule has 0 saturated carbocycles. The molecular weight excluding hydrogens is 448 g/mol. The lowest BCUT2D eigenvalue weighted by molar-refractivity contribution is -0.395. The summed E-state index contributed by atoms with van der Waals surface area (Å²) in [4.78, 5) is 45.5. The SMILES string of the molecule is CCCNC(=O)/C(C#N)=C/c1ccc(OC(=O)c2cc([N+](=O)[O-])c(C)c([N+](=O)[O-])c2)c(OC)c1. The van der Waals surface area contributed by atoms with Crippen LogP contribution >= 0.6 is 0 Å². The fraction of sp³-hybridized carbons (Fsp3) is 0.227. The fourth-order valence-electron chi connectivity index (χ4n) is 2.85. The molecule has 0 saturated heterocycles. The number of methoxy groups -OCH3 is 1. The number of carbonyl (C=O) groups excluding carboxylic acids is 2. The van der Waals surface area contributed by atoms with Crippen molar-refractivity contribution in [3.63, 3.8) is 0 Å². The zero-order valence-corrected chi connectivity index (χ0v) is 18.5. The highest BCUT2D eigenvalue weighted by atomic mass is 16.6. The highest BCUT2D eigenvalue weighted by Crippen LogP contribution is 2.32. The van der Waals surface area contributed by atoms with Crippen LogP contribution in [0.15, 0.2) is 35.9 Å². The van der Waals surface area contributed by atoms with Gasteiger partial charge < -0.3 is 14.8 Å². The maximum Gasteiger partial charge on any atom is 0.344 e. The predicted molar refractivity (Wildman–Crippen MR) is 119 cm³/mol. The predicted octanol–water partition coefficient (Wildman–Crippen LogP) is 3.47. The molecule has 0 unspecified atom stereocenters. The number of hydrogen-bond donors (Lipinski definition) is 1. The van der Waals surface area contributed by atoms with E-state index in [0.717, 1.165) is 12.1 Å². The van der Waals surface area contributed by atoms with Crippen LogP contribution in [0.4, 0.5) is 11.4 Å². The Morgan fingerprint density at radius 2 is 1.74 bits per heavy atom. The van der Waals surface area contributed by atoms with Gasteiger partial charge in [0.15, 0.2) is 11.5 Å². The van der Waals surface area contributed by atoms with Crippen molar-refractivity contribution in [2.75, 3.05) is 13.7 Å². The Morgan fingerprint density at radius 3 is 2.24 bits per heavy atom. The largest absolute Gasteiger partial charge is 0.493 e. The number of ether oxygens (including phenoxy) is 2. The molecule has 0 heterocycles. The van der Waals surface area contributed by atoms with Crippen molar-refractivity contribution in [1.29, 1.82) is 5.26 Å². The summed E-state index contributed by atoms with van der Waals surface area (Å²) in [5.74, 6) is -1.64. The Kier molecular flexibility index (Phi) is 8.38. The number of nitro groups is 2. The van der Waals surface area contributed by atoms with E-state index in [1.54, 1.807) is 0 Å². The van der Waals surface area contributed by atoms with Gasteiger partial charge in [-0.1, -0.05) is 13.0 Å². The average molecular weight is 468 g/mol. The topological polar surface area (TPSA) is 175 Å². The quantitative estimate of drug-likeness (QED) is 0.144. The minimum Gasteiger partial charge on any atom is -0.493 e. The number of esters is 1. The van der Waals surface area contributed by atoms with Crippen molar-refractivity contribution in [1.82, 2.24) is 5.32 Å². The molecule has 2 rings (SSSR count). The number of rotatable bonds is 9. The van der Waals surface area contributed by atoms with Gasteiger partial charge in [0.25, 0.3) is 17.3 Å². The third-order valence-electron chi connectivity index (χ3n) is 4.58. The summed E-state index contributed by atoms with van der Waals surface area (Å²) in [5.41, 5.74) is -1.52. The second-order valence-corrected chi connectivity index (χ2v) is 6.88. The molecule has 0 atom stereocenters. The first-order valence-corrected chi connectivity index (χ1v) is 9.86. The molecule has 0 spiro atoms. The number of nitrogens with zero attached hydrogens (tertiary/aromatic N) is 3. The van der Waals surface area contributed by atoms with Gasteiger partial charge in [-0.05, 0) is 37.1 Å². The van der Waals surface area contributed by atoms with E-state index in [9.17, 15) is 35.1 Å². The first-order valence-electron chi connectivity index (χ1n) is 9.86.